The van der Waals surface area contributed by atoms with E-state index in [9.17, 15) is 0 Å². The minimum atomic E-state index is 0.481. The number of nitrogens with zero attached hydrogens (tertiary/aromatic N) is 3. The third-order valence-electron chi connectivity index (χ3n) is 4.92. The molecule has 3 nitrogen and oxygen atoms in total. The molecule has 0 bridgehead atoms. The van der Waals surface area contributed by atoms with Crippen molar-refractivity contribution in [3.8, 4) is 0 Å². The number of aryl methyl sites for hydroxylation is 1. The molecule has 1 saturated heterocycles. The average molecular weight is 342 g/mol. The highest BCUT2D eigenvalue weighted by molar-refractivity contribution is 7.80. The van der Waals surface area contributed by atoms with Gasteiger partial charge in [0.15, 0.2) is 0 Å². The summed E-state index contributed by atoms with van der Waals surface area (Å²) in [6.45, 7) is 6.56. The summed E-state index contributed by atoms with van der Waals surface area (Å²) in [4.78, 5) is 3.57. The second-order valence-electron chi connectivity index (χ2n) is 6.36. The van der Waals surface area contributed by atoms with Crippen LogP contribution in [0.2, 0.25) is 0 Å². The molecule has 4 heteroatoms. The molecule has 1 aromatic heterocycles. The zero-order valence-electron chi connectivity index (χ0n) is 14.7. The number of para-hydroxylation sites is 1. The van der Waals surface area contributed by atoms with Crippen molar-refractivity contribution in [1.29, 1.82) is 0 Å². The maximum absolute atomic E-state index is 5.66. The van der Waals surface area contributed by atoms with Gasteiger partial charge in [0.25, 0.3) is 0 Å². The topological polar surface area (TPSA) is 11.4 Å². The summed E-state index contributed by atoms with van der Waals surface area (Å²) in [6.07, 6.45) is 8.46. The second kappa shape index (κ2) is 7.84. The maximum atomic E-state index is 5.66. The number of hydrogen-bond donors (Lipinski definition) is 0. The van der Waals surface area contributed by atoms with Crippen LogP contribution in [0, 0.1) is 0 Å². The summed E-state index contributed by atoms with van der Waals surface area (Å²) < 4.78 is 2.16. The lowest BCUT2D eigenvalue weighted by Crippen LogP contribution is -2.51. The van der Waals surface area contributed by atoms with Crippen LogP contribution in [0.4, 0.5) is 5.69 Å². The van der Waals surface area contributed by atoms with Gasteiger partial charge in [-0.05, 0) is 49.4 Å². The highest BCUT2D eigenvalue weighted by atomic mass is 32.1. The van der Waals surface area contributed by atoms with Gasteiger partial charge < -0.3 is 4.90 Å². The van der Waals surface area contributed by atoms with E-state index in [1.54, 1.807) is 0 Å². The number of benzene rings is 1. The average Bonchev–Trinajstić information content (AvgIpc) is 3.16. The lowest BCUT2D eigenvalue weighted by atomic mass is 10.0. The van der Waals surface area contributed by atoms with Crippen molar-refractivity contribution in [2.75, 3.05) is 23.0 Å². The van der Waals surface area contributed by atoms with Crippen molar-refractivity contribution in [2.45, 2.75) is 45.6 Å². The molecule has 0 atom stereocenters. The second-order valence-corrected chi connectivity index (χ2v) is 6.83. The van der Waals surface area contributed by atoms with Crippen LogP contribution in [-0.2, 0) is 6.42 Å². The molecule has 1 aromatic carbocycles. The Morgan fingerprint density at radius 1 is 1.08 bits per heavy atom. The molecule has 3 rings (SSSR count). The van der Waals surface area contributed by atoms with Crippen LogP contribution in [0.5, 0.6) is 0 Å². The molecule has 1 fully saturated rings. The number of piperidine rings is 1. The molecule has 0 aliphatic carbocycles. The Hall–Kier alpha value is -1.81. The maximum Gasteiger partial charge on any atom is 0.0978 e. The minimum Gasteiger partial charge on any atom is -0.371 e. The quantitative estimate of drug-likeness (QED) is 0.748. The fraction of sp³-hybridized carbons (Fsp3) is 0.450. The van der Waals surface area contributed by atoms with E-state index < -0.39 is 0 Å². The Labute approximate surface area is 150 Å². The van der Waals surface area contributed by atoms with E-state index in [0.717, 1.165) is 43.8 Å². The fourth-order valence-corrected chi connectivity index (χ4v) is 3.87. The molecule has 128 valence electrons. The smallest absolute Gasteiger partial charge is 0.0978 e. The van der Waals surface area contributed by atoms with Gasteiger partial charge in [0, 0.05) is 31.2 Å². The molecule has 0 spiro atoms. The number of hydrogen-bond acceptors (Lipinski definition) is 2. The number of thiocarbonyl (C=S) groups is 1. The van der Waals surface area contributed by atoms with Crippen molar-refractivity contribution in [3.05, 3.63) is 54.4 Å². The van der Waals surface area contributed by atoms with Crippen LogP contribution in [-0.4, -0.2) is 28.8 Å². The van der Waals surface area contributed by atoms with E-state index in [-0.39, 0.29) is 0 Å². The van der Waals surface area contributed by atoms with E-state index in [4.69, 9.17) is 12.2 Å². The monoisotopic (exact) mass is 341 g/mol. The van der Waals surface area contributed by atoms with E-state index >= 15 is 0 Å². The summed E-state index contributed by atoms with van der Waals surface area (Å²) in [5.41, 5.74) is 2.85. The van der Waals surface area contributed by atoms with E-state index in [0.29, 0.717) is 6.04 Å². The van der Waals surface area contributed by atoms with Crippen molar-refractivity contribution in [3.63, 3.8) is 0 Å². The molecule has 1 aliphatic heterocycles. The molecule has 1 aliphatic rings. The van der Waals surface area contributed by atoms with Crippen LogP contribution in [0.25, 0.3) is 0 Å². The van der Waals surface area contributed by atoms with Gasteiger partial charge in [-0.2, -0.15) is 0 Å². The van der Waals surface area contributed by atoms with Crippen molar-refractivity contribution in [2.24, 2.45) is 0 Å². The highest BCUT2D eigenvalue weighted by Gasteiger charge is 2.27. The van der Waals surface area contributed by atoms with Gasteiger partial charge in [-0.3, -0.25) is 9.69 Å². The van der Waals surface area contributed by atoms with Gasteiger partial charge in [-0.25, -0.2) is 0 Å². The number of rotatable bonds is 5. The standard InChI is InChI=1S/C20H27N3S/c1-3-17-9-5-6-10-19(17)21-15-11-18(12-16-21)23(20(24)4-2)22-13-7-8-14-22/h5-10,13-14,18H,3-4,11-12,15-16H2,1-2H3. The summed E-state index contributed by atoms with van der Waals surface area (Å²) in [6, 6.07) is 13.4. The molecule has 0 amide bonds. The first-order valence-electron chi connectivity index (χ1n) is 9.02. The minimum absolute atomic E-state index is 0.481. The lowest BCUT2D eigenvalue weighted by molar-refractivity contribution is 0.447. The van der Waals surface area contributed by atoms with Gasteiger partial charge in [0.1, 0.15) is 0 Å². The van der Waals surface area contributed by atoms with Gasteiger partial charge >= 0.3 is 0 Å². The Bertz CT molecular complexity index is 657. The number of aromatic nitrogens is 1. The Morgan fingerprint density at radius 2 is 1.75 bits per heavy atom. The van der Waals surface area contributed by atoms with Crippen LogP contribution in [0.1, 0.15) is 38.7 Å². The highest BCUT2D eigenvalue weighted by Crippen LogP contribution is 2.26. The van der Waals surface area contributed by atoms with E-state index in [1.807, 2.05) is 0 Å². The Kier molecular flexibility index (Phi) is 5.56. The largest absolute Gasteiger partial charge is 0.371 e. The molecule has 0 saturated carbocycles. The first kappa shape index (κ1) is 17.0. The van der Waals surface area contributed by atoms with Crippen molar-refractivity contribution >= 4 is 22.9 Å². The molecule has 0 radical (unpaired) electrons. The third-order valence-corrected chi connectivity index (χ3v) is 5.39. The zero-order chi connectivity index (χ0) is 16.9. The lowest BCUT2D eigenvalue weighted by Gasteiger charge is -2.41. The predicted molar refractivity (Wildman–Crippen MR) is 107 cm³/mol. The Balaban J connectivity index is 1.72. The SMILES string of the molecule is CCC(=S)N(C1CCN(c2ccccc2CC)CC1)n1cccc1. The van der Waals surface area contributed by atoms with Crippen LogP contribution < -0.4 is 9.91 Å². The normalized spacial score (nSPS) is 15.5. The van der Waals surface area contributed by atoms with Gasteiger partial charge in [-0.1, -0.05) is 44.3 Å². The first-order chi connectivity index (χ1) is 11.7. The van der Waals surface area contributed by atoms with Gasteiger partial charge in [0.05, 0.1) is 11.0 Å². The van der Waals surface area contributed by atoms with E-state index in [1.165, 1.54) is 11.3 Å². The van der Waals surface area contributed by atoms with Crippen molar-refractivity contribution in [1.82, 2.24) is 4.68 Å². The van der Waals surface area contributed by atoms with Gasteiger partial charge in [0.2, 0.25) is 0 Å². The van der Waals surface area contributed by atoms with E-state index in [2.05, 4.69) is 77.2 Å². The molecule has 0 unspecified atom stereocenters. The third kappa shape index (κ3) is 3.48. The van der Waals surface area contributed by atoms with Crippen LogP contribution in [0.3, 0.4) is 0 Å². The fourth-order valence-electron chi connectivity index (χ4n) is 3.62. The van der Waals surface area contributed by atoms with Crippen LogP contribution >= 0.6 is 12.2 Å². The summed E-state index contributed by atoms with van der Waals surface area (Å²) in [7, 11) is 0. The Morgan fingerprint density at radius 3 is 2.38 bits per heavy atom. The van der Waals surface area contributed by atoms with Crippen molar-refractivity contribution < 1.29 is 0 Å². The molecule has 0 N–H and O–H groups in total. The first-order valence-corrected chi connectivity index (χ1v) is 9.43. The predicted octanol–water partition coefficient (Wildman–Crippen LogP) is 4.39. The summed E-state index contributed by atoms with van der Waals surface area (Å²) in [5.74, 6) is 0. The summed E-state index contributed by atoms with van der Waals surface area (Å²) >= 11 is 5.66. The van der Waals surface area contributed by atoms with Gasteiger partial charge in [-0.15, -0.1) is 0 Å². The summed E-state index contributed by atoms with van der Waals surface area (Å²) in [5, 5.41) is 2.32. The molecular weight excluding hydrogens is 314 g/mol. The zero-order valence-corrected chi connectivity index (χ0v) is 15.5. The number of anilines is 1. The molecule has 2 heterocycles. The molecule has 24 heavy (non-hydrogen) atoms. The molecular formula is C20H27N3S. The molecule has 2 aromatic rings. The van der Waals surface area contributed by atoms with Crippen LogP contribution in [0.15, 0.2) is 48.8 Å².